The highest BCUT2D eigenvalue weighted by Crippen LogP contribution is 2.25. The Morgan fingerprint density at radius 3 is 2.88 bits per heavy atom. The molecule has 0 fully saturated rings. The van der Waals surface area contributed by atoms with Crippen molar-refractivity contribution in [3.05, 3.63) is 41.5 Å². The molecule has 0 radical (unpaired) electrons. The van der Waals surface area contributed by atoms with Crippen LogP contribution in [-0.4, -0.2) is 15.0 Å². The Hall–Kier alpha value is -1.81. The predicted octanol–water partition coefficient (Wildman–Crippen LogP) is 3.32. The fourth-order valence-corrected chi connectivity index (χ4v) is 2.67. The molecule has 4 heteroatoms. The second-order valence-electron chi connectivity index (χ2n) is 3.70. The normalized spacial score (nSPS) is 10.9. The van der Waals surface area contributed by atoms with E-state index < -0.39 is 0 Å². The van der Waals surface area contributed by atoms with Crippen LogP contribution in [-0.2, 0) is 6.42 Å². The quantitative estimate of drug-likeness (QED) is 0.691. The zero-order valence-electron chi connectivity index (χ0n) is 9.42. The summed E-state index contributed by atoms with van der Waals surface area (Å²) < 4.78 is 1.19. The van der Waals surface area contributed by atoms with Gasteiger partial charge in [-0.05, 0) is 30.0 Å². The molecule has 0 N–H and O–H groups in total. The van der Waals surface area contributed by atoms with Gasteiger partial charge in [-0.2, -0.15) is 0 Å². The molecule has 0 aliphatic heterocycles. The second kappa shape index (κ2) is 4.22. The van der Waals surface area contributed by atoms with Crippen LogP contribution in [0.2, 0.25) is 0 Å². The summed E-state index contributed by atoms with van der Waals surface area (Å²) in [6.45, 7) is 2.11. The van der Waals surface area contributed by atoms with Crippen molar-refractivity contribution in [2.45, 2.75) is 13.3 Å². The molecule has 0 saturated heterocycles. The van der Waals surface area contributed by atoms with Gasteiger partial charge in [-0.1, -0.05) is 13.0 Å². The standard InChI is InChI=1S/C13H11N3S/c1-2-9-12-10(6-8-17-12)16-13(15-9)11-5-3-4-7-14-11/h3-8H,2H2,1H3. The zero-order valence-corrected chi connectivity index (χ0v) is 10.2. The van der Waals surface area contributed by atoms with E-state index in [1.807, 2.05) is 24.3 Å². The van der Waals surface area contributed by atoms with E-state index in [0.717, 1.165) is 23.3 Å². The van der Waals surface area contributed by atoms with Crippen molar-refractivity contribution in [1.82, 2.24) is 15.0 Å². The molecule has 3 aromatic rings. The van der Waals surface area contributed by atoms with Crippen molar-refractivity contribution in [1.29, 1.82) is 0 Å². The molecule has 0 saturated carbocycles. The second-order valence-corrected chi connectivity index (χ2v) is 4.61. The summed E-state index contributed by atoms with van der Waals surface area (Å²) in [7, 11) is 0. The van der Waals surface area contributed by atoms with Gasteiger partial charge in [0.1, 0.15) is 5.69 Å². The summed E-state index contributed by atoms with van der Waals surface area (Å²) in [6.07, 6.45) is 2.68. The zero-order chi connectivity index (χ0) is 11.7. The maximum atomic E-state index is 4.60. The van der Waals surface area contributed by atoms with Crippen LogP contribution in [0, 0.1) is 0 Å². The summed E-state index contributed by atoms with van der Waals surface area (Å²) in [5, 5.41) is 2.06. The van der Waals surface area contributed by atoms with Gasteiger partial charge >= 0.3 is 0 Å². The SMILES string of the molecule is CCc1nc(-c2ccccn2)nc2ccsc12. The van der Waals surface area contributed by atoms with E-state index in [-0.39, 0.29) is 0 Å². The lowest BCUT2D eigenvalue weighted by Crippen LogP contribution is -1.96. The lowest BCUT2D eigenvalue weighted by molar-refractivity contribution is 1.03. The van der Waals surface area contributed by atoms with E-state index in [9.17, 15) is 0 Å². The van der Waals surface area contributed by atoms with E-state index in [2.05, 4.69) is 27.3 Å². The van der Waals surface area contributed by atoms with E-state index in [4.69, 9.17) is 0 Å². The first-order valence-corrected chi connectivity index (χ1v) is 6.42. The Morgan fingerprint density at radius 1 is 1.18 bits per heavy atom. The Bertz CT molecular complexity index is 646. The van der Waals surface area contributed by atoms with Crippen molar-refractivity contribution < 1.29 is 0 Å². The third-order valence-electron chi connectivity index (χ3n) is 2.60. The van der Waals surface area contributed by atoms with Crippen molar-refractivity contribution in [3.8, 4) is 11.5 Å². The van der Waals surface area contributed by atoms with Crippen molar-refractivity contribution in [3.63, 3.8) is 0 Å². The van der Waals surface area contributed by atoms with E-state index >= 15 is 0 Å². The lowest BCUT2D eigenvalue weighted by atomic mass is 10.2. The van der Waals surface area contributed by atoms with Crippen LogP contribution in [0.5, 0.6) is 0 Å². The summed E-state index contributed by atoms with van der Waals surface area (Å²) in [6, 6.07) is 7.82. The van der Waals surface area contributed by atoms with Crippen molar-refractivity contribution >= 4 is 21.6 Å². The number of fused-ring (bicyclic) bond motifs is 1. The monoisotopic (exact) mass is 241 g/mol. The highest BCUT2D eigenvalue weighted by Gasteiger charge is 2.09. The molecule has 3 nitrogen and oxygen atoms in total. The van der Waals surface area contributed by atoms with Crippen LogP contribution in [0.4, 0.5) is 0 Å². The first-order valence-electron chi connectivity index (χ1n) is 5.54. The fourth-order valence-electron chi connectivity index (χ4n) is 1.77. The summed E-state index contributed by atoms with van der Waals surface area (Å²) in [4.78, 5) is 13.4. The number of aromatic nitrogens is 3. The molecule has 0 aliphatic rings. The highest BCUT2D eigenvalue weighted by atomic mass is 32.1. The van der Waals surface area contributed by atoms with Crippen molar-refractivity contribution in [2.75, 3.05) is 0 Å². The van der Waals surface area contributed by atoms with E-state index in [0.29, 0.717) is 5.82 Å². The number of rotatable bonds is 2. The molecule has 17 heavy (non-hydrogen) atoms. The molecule has 3 rings (SSSR count). The minimum absolute atomic E-state index is 0.716. The average molecular weight is 241 g/mol. The van der Waals surface area contributed by atoms with Gasteiger partial charge in [0.25, 0.3) is 0 Å². The van der Waals surface area contributed by atoms with Gasteiger partial charge in [0, 0.05) is 6.20 Å². The van der Waals surface area contributed by atoms with Gasteiger partial charge < -0.3 is 0 Å². The smallest absolute Gasteiger partial charge is 0.179 e. The number of thiophene rings is 1. The van der Waals surface area contributed by atoms with Crippen molar-refractivity contribution in [2.24, 2.45) is 0 Å². The van der Waals surface area contributed by atoms with Gasteiger partial charge in [-0.25, -0.2) is 9.97 Å². The van der Waals surface area contributed by atoms with Gasteiger partial charge in [-0.3, -0.25) is 4.98 Å². The van der Waals surface area contributed by atoms with Gasteiger partial charge in [0.05, 0.1) is 15.9 Å². The molecule has 0 spiro atoms. The average Bonchev–Trinajstić information content (AvgIpc) is 2.86. The number of nitrogens with zero attached hydrogens (tertiary/aromatic N) is 3. The number of hydrogen-bond donors (Lipinski definition) is 0. The number of aryl methyl sites for hydroxylation is 1. The molecular weight excluding hydrogens is 230 g/mol. The molecule has 0 unspecified atom stereocenters. The lowest BCUT2D eigenvalue weighted by Gasteiger charge is -2.03. The molecule has 84 valence electrons. The largest absolute Gasteiger partial charge is 0.253 e. The minimum Gasteiger partial charge on any atom is -0.253 e. The fraction of sp³-hybridized carbons (Fsp3) is 0.154. The molecule has 0 atom stereocenters. The van der Waals surface area contributed by atoms with Crippen LogP contribution >= 0.6 is 11.3 Å². The third kappa shape index (κ3) is 1.80. The van der Waals surface area contributed by atoms with E-state index in [1.54, 1.807) is 17.5 Å². The predicted molar refractivity (Wildman–Crippen MR) is 70.0 cm³/mol. The Balaban J connectivity index is 2.24. The molecule has 3 heterocycles. The Morgan fingerprint density at radius 2 is 2.12 bits per heavy atom. The summed E-state index contributed by atoms with van der Waals surface area (Å²) in [5.74, 6) is 0.716. The first kappa shape index (κ1) is 10.4. The number of pyridine rings is 1. The molecule has 3 aromatic heterocycles. The Kier molecular flexibility index (Phi) is 2.57. The molecule has 0 aliphatic carbocycles. The maximum Gasteiger partial charge on any atom is 0.179 e. The van der Waals surface area contributed by atoms with Crippen LogP contribution in [0.25, 0.3) is 21.7 Å². The summed E-state index contributed by atoms with van der Waals surface area (Å²) in [5.41, 5.74) is 2.95. The molecule has 0 amide bonds. The molecular formula is C13H11N3S. The number of hydrogen-bond acceptors (Lipinski definition) is 4. The Labute approximate surface area is 103 Å². The highest BCUT2D eigenvalue weighted by molar-refractivity contribution is 7.17. The van der Waals surface area contributed by atoms with Crippen LogP contribution < -0.4 is 0 Å². The molecule has 0 bridgehead atoms. The summed E-state index contributed by atoms with van der Waals surface area (Å²) >= 11 is 1.70. The van der Waals surface area contributed by atoms with Crippen LogP contribution in [0.15, 0.2) is 35.8 Å². The van der Waals surface area contributed by atoms with Gasteiger partial charge in [-0.15, -0.1) is 11.3 Å². The van der Waals surface area contributed by atoms with Crippen LogP contribution in [0.1, 0.15) is 12.6 Å². The minimum atomic E-state index is 0.716. The van der Waals surface area contributed by atoms with Gasteiger partial charge in [0.15, 0.2) is 5.82 Å². The first-order chi connectivity index (χ1) is 8.38. The van der Waals surface area contributed by atoms with Gasteiger partial charge in [0.2, 0.25) is 0 Å². The van der Waals surface area contributed by atoms with E-state index in [1.165, 1.54) is 4.70 Å². The third-order valence-corrected chi connectivity index (χ3v) is 3.56. The molecule has 0 aromatic carbocycles. The van der Waals surface area contributed by atoms with Crippen LogP contribution in [0.3, 0.4) is 0 Å². The maximum absolute atomic E-state index is 4.60. The topological polar surface area (TPSA) is 38.7 Å².